The number of hydrogen-bond acceptors (Lipinski definition) is 7. The summed E-state index contributed by atoms with van der Waals surface area (Å²) in [5, 5.41) is 16.1. The van der Waals surface area contributed by atoms with Crippen LogP contribution >= 0.6 is 0 Å². The number of rotatable bonds is 6. The number of hydrogen-bond donors (Lipinski definition) is 2. The van der Waals surface area contributed by atoms with Crippen molar-refractivity contribution in [2.45, 2.75) is 62.8 Å². The number of nitrogens with zero attached hydrogens (tertiary/aromatic N) is 2. The highest BCUT2D eigenvalue weighted by Gasteiger charge is 2.77. The third-order valence-corrected chi connectivity index (χ3v) is 10.1. The van der Waals surface area contributed by atoms with Crippen LogP contribution in [0.15, 0.2) is 54.6 Å². The van der Waals surface area contributed by atoms with Gasteiger partial charge in [-0.1, -0.05) is 42.8 Å². The second-order valence-electron chi connectivity index (χ2n) is 12.0. The molecule has 40 heavy (non-hydrogen) atoms. The Labute approximate surface area is 235 Å². The first-order valence-electron chi connectivity index (χ1n) is 14.2. The third-order valence-electron chi connectivity index (χ3n) is 10.1. The van der Waals surface area contributed by atoms with Crippen molar-refractivity contribution in [2.75, 3.05) is 38.7 Å². The number of benzene rings is 2. The van der Waals surface area contributed by atoms with Gasteiger partial charge in [0.2, 0.25) is 0 Å². The summed E-state index contributed by atoms with van der Waals surface area (Å²) in [7, 11) is 3.65. The highest BCUT2D eigenvalue weighted by molar-refractivity contribution is 5.94. The molecule has 1 saturated heterocycles. The molecule has 212 valence electrons. The number of likely N-dealkylation sites (N-methyl/N-ethyl adjacent to an activating group) is 1. The highest BCUT2D eigenvalue weighted by atomic mass is 16.6. The van der Waals surface area contributed by atoms with E-state index in [-0.39, 0.29) is 18.5 Å². The average Bonchev–Trinajstić information content (AvgIpc) is 3.46. The number of ether oxygens (including phenoxy) is 2. The Hall–Kier alpha value is -3.36. The zero-order chi connectivity index (χ0) is 28.4. The van der Waals surface area contributed by atoms with Crippen molar-refractivity contribution < 1.29 is 24.2 Å². The lowest BCUT2D eigenvalue weighted by molar-refractivity contribution is -0.216. The second kappa shape index (κ2) is 9.35. The maximum Gasteiger partial charge on any atom is 0.303 e. The topological polar surface area (TPSA) is 91.3 Å². The van der Waals surface area contributed by atoms with Gasteiger partial charge in [0.05, 0.1) is 19.7 Å². The van der Waals surface area contributed by atoms with Crippen LogP contribution in [0.2, 0.25) is 0 Å². The fourth-order valence-electron chi connectivity index (χ4n) is 8.67. The Kier molecular flexibility index (Phi) is 6.27. The second-order valence-corrected chi connectivity index (χ2v) is 12.0. The molecule has 3 heterocycles. The number of nitrogens with one attached hydrogen (secondary N) is 1. The van der Waals surface area contributed by atoms with Gasteiger partial charge in [-0.05, 0) is 50.1 Å². The molecule has 2 N–H and O–H groups in total. The Morgan fingerprint density at radius 1 is 1.15 bits per heavy atom. The SMILES string of the molecule is CC[C@]12C=CCN3CC[C@@]4(c5ccc(OC)cc5N(C)[C@H]4[C@@](O)(CNC(=O)c4ccc(C)cc4)[C@@H]1OC(C)=O)[C@@H]32. The van der Waals surface area contributed by atoms with Crippen molar-refractivity contribution in [2.24, 2.45) is 5.41 Å². The minimum Gasteiger partial charge on any atom is -0.497 e. The number of amides is 1. The average molecular weight is 546 g/mol. The van der Waals surface area contributed by atoms with Gasteiger partial charge < -0.3 is 24.8 Å². The molecule has 4 aliphatic rings. The van der Waals surface area contributed by atoms with Crippen LogP contribution in [0, 0.1) is 12.3 Å². The minimum atomic E-state index is -1.60. The minimum absolute atomic E-state index is 0.00881. The molecule has 3 aliphatic heterocycles. The number of esters is 1. The summed E-state index contributed by atoms with van der Waals surface area (Å²) in [5.74, 6) is 0.0225. The summed E-state index contributed by atoms with van der Waals surface area (Å²) in [6.45, 7) is 7.09. The van der Waals surface area contributed by atoms with Crippen molar-refractivity contribution in [3.63, 3.8) is 0 Å². The van der Waals surface area contributed by atoms with E-state index in [0.717, 1.165) is 36.5 Å². The number of anilines is 1. The largest absolute Gasteiger partial charge is 0.497 e. The quantitative estimate of drug-likeness (QED) is 0.426. The van der Waals surface area contributed by atoms with Crippen molar-refractivity contribution in [1.82, 2.24) is 10.2 Å². The van der Waals surface area contributed by atoms with Crippen molar-refractivity contribution >= 4 is 17.6 Å². The lowest BCUT2D eigenvalue weighted by Gasteiger charge is -2.64. The molecule has 2 fully saturated rings. The normalized spacial score (nSPS) is 33.6. The Morgan fingerprint density at radius 3 is 2.58 bits per heavy atom. The van der Waals surface area contributed by atoms with E-state index < -0.39 is 34.5 Å². The van der Waals surface area contributed by atoms with Crippen LogP contribution in [-0.4, -0.2) is 79.5 Å². The maximum atomic E-state index is 13.4. The molecule has 8 heteroatoms. The first-order valence-corrected chi connectivity index (χ1v) is 14.2. The molecule has 0 aromatic heterocycles. The van der Waals surface area contributed by atoms with Gasteiger partial charge in [-0.15, -0.1) is 0 Å². The van der Waals surface area contributed by atoms with Crippen molar-refractivity contribution in [1.29, 1.82) is 0 Å². The molecule has 1 aliphatic carbocycles. The van der Waals surface area contributed by atoms with Crippen LogP contribution in [0.1, 0.15) is 48.2 Å². The van der Waals surface area contributed by atoms with Crippen LogP contribution in [0.3, 0.4) is 0 Å². The first-order chi connectivity index (χ1) is 19.1. The third kappa shape index (κ3) is 3.51. The number of carbonyl (C=O) groups excluding carboxylic acids is 2. The van der Waals surface area contributed by atoms with E-state index in [2.05, 4.69) is 40.3 Å². The van der Waals surface area contributed by atoms with Crippen LogP contribution in [0.5, 0.6) is 5.75 Å². The summed E-state index contributed by atoms with van der Waals surface area (Å²) in [6, 6.07) is 13.1. The summed E-state index contributed by atoms with van der Waals surface area (Å²) < 4.78 is 11.8. The van der Waals surface area contributed by atoms with E-state index in [1.165, 1.54) is 12.5 Å². The fourth-order valence-corrected chi connectivity index (χ4v) is 8.67. The van der Waals surface area contributed by atoms with Gasteiger partial charge in [0.1, 0.15) is 17.5 Å². The van der Waals surface area contributed by atoms with Crippen LogP contribution < -0.4 is 15.0 Å². The first kappa shape index (κ1) is 26.8. The monoisotopic (exact) mass is 545 g/mol. The maximum absolute atomic E-state index is 13.4. The Balaban J connectivity index is 1.53. The predicted molar refractivity (Wildman–Crippen MR) is 153 cm³/mol. The molecule has 1 saturated carbocycles. The molecule has 2 aromatic carbocycles. The molecule has 1 spiro atoms. The molecule has 0 unspecified atom stereocenters. The molecule has 6 atom stereocenters. The van der Waals surface area contributed by atoms with E-state index in [0.29, 0.717) is 12.0 Å². The van der Waals surface area contributed by atoms with E-state index >= 15 is 0 Å². The van der Waals surface area contributed by atoms with Gasteiger partial charge in [-0.25, -0.2) is 0 Å². The number of fused-ring (bicyclic) bond motifs is 1. The molecule has 0 radical (unpaired) electrons. The Morgan fingerprint density at radius 2 is 1.90 bits per heavy atom. The standard InChI is InChI=1S/C32H39N3O5/c1-6-30-14-7-16-35-17-15-31(27(30)35)24-13-12-23(39-5)18-25(24)34(4)28(31)32(38,29(30)40-21(3)36)19-33-26(37)22-10-8-20(2)9-11-22/h7-14,18,27-29,38H,6,15-17,19H2,1-5H3,(H,33,37)/t27-,28+,29+,30+,31+,32-/m0/s1. The lowest BCUT2D eigenvalue weighted by atomic mass is 9.47. The van der Waals surface area contributed by atoms with Crippen LogP contribution in [-0.2, 0) is 14.9 Å². The molecular weight excluding hydrogens is 506 g/mol. The highest BCUT2D eigenvalue weighted by Crippen LogP contribution is 2.67. The smallest absolute Gasteiger partial charge is 0.303 e. The lowest BCUT2D eigenvalue weighted by Crippen LogP contribution is -2.81. The van der Waals surface area contributed by atoms with Gasteiger partial charge in [-0.2, -0.15) is 0 Å². The van der Waals surface area contributed by atoms with E-state index in [1.54, 1.807) is 19.2 Å². The summed E-state index contributed by atoms with van der Waals surface area (Å²) in [6.07, 6.45) is 4.96. The predicted octanol–water partition coefficient (Wildman–Crippen LogP) is 3.21. The van der Waals surface area contributed by atoms with Gasteiger partial charge in [0, 0.05) is 54.7 Å². The number of carbonyl (C=O) groups is 2. The van der Waals surface area contributed by atoms with Gasteiger partial charge in [0.15, 0.2) is 0 Å². The Bertz CT molecular complexity index is 1380. The summed E-state index contributed by atoms with van der Waals surface area (Å²) >= 11 is 0. The summed E-state index contributed by atoms with van der Waals surface area (Å²) in [5.41, 5.74) is 1.05. The fraction of sp³-hybridized carbons (Fsp3) is 0.500. The molecule has 6 rings (SSSR count). The molecule has 8 nitrogen and oxygen atoms in total. The van der Waals surface area contributed by atoms with E-state index in [1.807, 2.05) is 38.2 Å². The van der Waals surface area contributed by atoms with Gasteiger partial charge >= 0.3 is 5.97 Å². The zero-order valence-electron chi connectivity index (χ0n) is 23.9. The number of aryl methyl sites for hydroxylation is 1. The van der Waals surface area contributed by atoms with Crippen molar-refractivity contribution in [3.8, 4) is 5.75 Å². The van der Waals surface area contributed by atoms with Crippen LogP contribution in [0.25, 0.3) is 0 Å². The zero-order valence-corrected chi connectivity index (χ0v) is 23.9. The molecule has 1 amide bonds. The molecular formula is C32H39N3O5. The summed E-state index contributed by atoms with van der Waals surface area (Å²) in [4.78, 5) is 30.7. The van der Waals surface area contributed by atoms with Crippen LogP contribution in [0.4, 0.5) is 5.69 Å². The van der Waals surface area contributed by atoms with Gasteiger partial charge in [-0.3, -0.25) is 14.5 Å². The van der Waals surface area contributed by atoms with Gasteiger partial charge in [0.25, 0.3) is 5.91 Å². The van der Waals surface area contributed by atoms with E-state index in [4.69, 9.17) is 9.47 Å². The van der Waals surface area contributed by atoms with E-state index in [9.17, 15) is 14.7 Å². The van der Waals surface area contributed by atoms with Crippen molar-refractivity contribution in [3.05, 3.63) is 71.3 Å². The molecule has 2 aromatic rings. The number of aliphatic hydroxyl groups is 1. The molecule has 0 bridgehead atoms. The number of methoxy groups -OCH3 is 1.